The van der Waals surface area contributed by atoms with E-state index in [1.807, 2.05) is 0 Å². The third-order valence-corrected chi connectivity index (χ3v) is 2.44. The van der Waals surface area contributed by atoms with E-state index in [0.717, 1.165) is 5.56 Å². The average molecular weight is 309 g/mol. The fourth-order valence-corrected chi connectivity index (χ4v) is 1.56. The first-order valence-electron chi connectivity index (χ1n) is 5.63. The van der Waals surface area contributed by atoms with Gasteiger partial charge in [0.1, 0.15) is 6.54 Å². The summed E-state index contributed by atoms with van der Waals surface area (Å²) >= 11 is 0. The van der Waals surface area contributed by atoms with Crippen LogP contribution in [-0.2, 0) is 6.54 Å². The van der Waals surface area contributed by atoms with Gasteiger partial charge in [-0.3, -0.25) is 4.79 Å². The Hall–Kier alpha value is -1.53. The third-order valence-electron chi connectivity index (χ3n) is 2.44. The number of carbonyl (C=O) groups excluding carboxylic acids is 1. The number of benzene rings is 1. The van der Waals surface area contributed by atoms with Crippen LogP contribution in [0, 0.1) is 0 Å². The zero-order valence-electron chi connectivity index (χ0n) is 10.7. The molecule has 1 amide bonds. The van der Waals surface area contributed by atoms with Gasteiger partial charge in [-0.05, 0) is 17.7 Å². The highest BCUT2D eigenvalue weighted by Gasteiger charge is 2.32. The Morgan fingerprint density at radius 3 is 2.25 bits per heavy atom. The number of amides is 1. The monoisotopic (exact) mass is 308 g/mol. The molecule has 0 aliphatic heterocycles. The van der Waals surface area contributed by atoms with Crippen molar-refractivity contribution >= 4 is 18.3 Å². The van der Waals surface area contributed by atoms with Crippen LogP contribution < -0.4 is 5.73 Å². The second-order valence-corrected chi connectivity index (χ2v) is 3.99. The van der Waals surface area contributed by atoms with Gasteiger partial charge in [-0.15, -0.1) is 19.0 Å². The molecule has 1 aromatic carbocycles. The Bertz CT molecular complexity index is 446. The maximum Gasteiger partial charge on any atom is 0.406 e. The Kier molecular flexibility index (Phi) is 7.31. The van der Waals surface area contributed by atoms with Crippen molar-refractivity contribution in [3.63, 3.8) is 0 Å². The number of carbonyl (C=O) groups is 1. The predicted octanol–water partition coefficient (Wildman–Crippen LogP) is 2.76. The van der Waals surface area contributed by atoms with Crippen molar-refractivity contribution < 1.29 is 18.0 Å². The van der Waals surface area contributed by atoms with Gasteiger partial charge in [0.2, 0.25) is 0 Å². The summed E-state index contributed by atoms with van der Waals surface area (Å²) in [6, 6.07) is 6.17. The second kappa shape index (κ2) is 7.91. The topological polar surface area (TPSA) is 46.3 Å². The second-order valence-electron chi connectivity index (χ2n) is 3.99. The van der Waals surface area contributed by atoms with Crippen molar-refractivity contribution in [2.45, 2.75) is 12.7 Å². The van der Waals surface area contributed by atoms with Crippen LogP contribution in [0.4, 0.5) is 13.2 Å². The molecule has 7 heteroatoms. The maximum absolute atomic E-state index is 12.4. The molecule has 0 fully saturated rings. The normalized spacial score (nSPS) is 10.6. The summed E-state index contributed by atoms with van der Waals surface area (Å²) in [4.78, 5) is 12.7. The minimum absolute atomic E-state index is 0. The first-order valence-corrected chi connectivity index (χ1v) is 5.63. The molecular weight excluding hydrogens is 293 g/mol. The lowest BCUT2D eigenvalue weighted by Crippen LogP contribution is -2.39. The fourth-order valence-electron chi connectivity index (χ4n) is 1.56. The Balaban J connectivity index is 0.00000361. The number of nitrogens with zero attached hydrogens (tertiary/aromatic N) is 1. The van der Waals surface area contributed by atoms with E-state index in [2.05, 4.69) is 6.58 Å². The van der Waals surface area contributed by atoms with Crippen molar-refractivity contribution in [3.05, 3.63) is 48.0 Å². The lowest BCUT2D eigenvalue weighted by molar-refractivity contribution is -0.139. The summed E-state index contributed by atoms with van der Waals surface area (Å²) in [5.41, 5.74) is 6.41. The third kappa shape index (κ3) is 5.63. The van der Waals surface area contributed by atoms with Crippen molar-refractivity contribution in [2.24, 2.45) is 5.73 Å². The van der Waals surface area contributed by atoms with E-state index in [1.54, 1.807) is 12.1 Å². The minimum Gasteiger partial charge on any atom is -0.326 e. The van der Waals surface area contributed by atoms with E-state index < -0.39 is 18.6 Å². The van der Waals surface area contributed by atoms with E-state index in [0.29, 0.717) is 11.4 Å². The number of rotatable bonds is 5. The zero-order valence-corrected chi connectivity index (χ0v) is 11.5. The fraction of sp³-hybridized carbons (Fsp3) is 0.308. The molecule has 0 saturated heterocycles. The van der Waals surface area contributed by atoms with E-state index in [1.165, 1.54) is 18.2 Å². The molecule has 1 aromatic rings. The van der Waals surface area contributed by atoms with Gasteiger partial charge in [0.05, 0.1) is 0 Å². The molecule has 0 aromatic heterocycles. The molecule has 0 aliphatic carbocycles. The molecule has 0 unspecified atom stereocenters. The summed E-state index contributed by atoms with van der Waals surface area (Å²) in [6.45, 7) is 2.22. The highest BCUT2D eigenvalue weighted by molar-refractivity contribution is 5.94. The van der Waals surface area contributed by atoms with Crippen LogP contribution in [-0.4, -0.2) is 30.1 Å². The van der Waals surface area contributed by atoms with Crippen LogP contribution in [0.5, 0.6) is 0 Å². The first kappa shape index (κ1) is 18.5. The molecule has 0 atom stereocenters. The Labute approximate surface area is 121 Å². The first-order chi connectivity index (χ1) is 8.87. The highest BCUT2D eigenvalue weighted by Crippen LogP contribution is 2.18. The van der Waals surface area contributed by atoms with Crippen LogP contribution in [0.1, 0.15) is 15.9 Å². The van der Waals surface area contributed by atoms with Gasteiger partial charge in [-0.2, -0.15) is 13.2 Å². The molecular formula is C13H16ClF3N2O. The lowest BCUT2D eigenvalue weighted by atomic mass is 10.1. The minimum atomic E-state index is -4.43. The van der Waals surface area contributed by atoms with Crippen molar-refractivity contribution in [2.75, 3.05) is 13.1 Å². The standard InChI is InChI=1S/C13H15F3N2O.ClH/c1-2-7-18(9-13(14,15)16)12(19)11-5-3-10(8-17)4-6-11;/h2-6H,1,7-9,17H2;1H. The maximum atomic E-state index is 12.4. The molecule has 0 spiro atoms. The lowest BCUT2D eigenvalue weighted by Gasteiger charge is -2.22. The smallest absolute Gasteiger partial charge is 0.326 e. The van der Waals surface area contributed by atoms with Gasteiger partial charge >= 0.3 is 6.18 Å². The van der Waals surface area contributed by atoms with Gasteiger partial charge < -0.3 is 10.6 Å². The van der Waals surface area contributed by atoms with Gasteiger partial charge in [-0.25, -0.2) is 0 Å². The van der Waals surface area contributed by atoms with E-state index in [4.69, 9.17) is 5.73 Å². The quantitative estimate of drug-likeness (QED) is 0.850. The van der Waals surface area contributed by atoms with E-state index in [9.17, 15) is 18.0 Å². The molecule has 0 heterocycles. The van der Waals surface area contributed by atoms with Gasteiger partial charge in [0.25, 0.3) is 5.91 Å². The molecule has 0 aliphatic rings. The largest absolute Gasteiger partial charge is 0.406 e. The molecule has 3 nitrogen and oxygen atoms in total. The van der Waals surface area contributed by atoms with Crippen LogP contribution >= 0.6 is 12.4 Å². The number of hydrogen-bond acceptors (Lipinski definition) is 2. The van der Waals surface area contributed by atoms with E-state index >= 15 is 0 Å². The Morgan fingerprint density at radius 2 is 1.85 bits per heavy atom. The molecule has 1 rings (SSSR count). The number of hydrogen-bond donors (Lipinski definition) is 1. The summed E-state index contributed by atoms with van der Waals surface area (Å²) in [5, 5.41) is 0. The van der Waals surface area contributed by atoms with Crippen LogP contribution in [0.2, 0.25) is 0 Å². The molecule has 0 radical (unpaired) electrons. The van der Waals surface area contributed by atoms with Gasteiger partial charge in [-0.1, -0.05) is 18.2 Å². The van der Waals surface area contributed by atoms with Crippen LogP contribution in [0.25, 0.3) is 0 Å². The predicted molar refractivity (Wildman–Crippen MR) is 73.7 cm³/mol. The zero-order chi connectivity index (χ0) is 14.5. The van der Waals surface area contributed by atoms with Gasteiger partial charge in [0.15, 0.2) is 0 Å². The van der Waals surface area contributed by atoms with Crippen molar-refractivity contribution in [1.82, 2.24) is 4.90 Å². The summed E-state index contributed by atoms with van der Waals surface area (Å²) in [7, 11) is 0. The van der Waals surface area contributed by atoms with Crippen molar-refractivity contribution in [1.29, 1.82) is 0 Å². The van der Waals surface area contributed by atoms with Crippen LogP contribution in [0.15, 0.2) is 36.9 Å². The number of halogens is 4. The molecule has 112 valence electrons. The number of alkyl halides is 3. The molecule has 0 saturated carbocycles. The molecule has 20 heavy (non-hydrogen) atoms. The number of nitrogens with two attached hydrogens (primary N) is 1. The highest BCUT2D eigenvalue weighted by atomic mass is 35.5. The average Bonchev–Trinajstić information content (AvgIpc) is 2.36. The molecule has 0 bridgehead atoms. The summed E-state index contributed by atoms with van der Waals surface area (Å²) in [6.07, 6.45) is -3.17. The van der Waals surface area contributed by atoms with Crippen LogP contribution in [0.3, 0.4) is 0 Å². The van der Waals surface area contributed by atoms with E-state index in [-0.39, 0.29) is 24.5 Å². The SMILES string of the molecule is C=CCN(CC(F)(F)F)C(=O)c1ccc(CN)cc1.Cl. The Morgan fingerprint density at radius 1 is 1.30 bits per heavy atom. The summed E-state index contributed by atoms with van der Waals surface area (Å²) in [5.74, 6) is -0.680. The van der Waals surface area contributed by atoms with Crippen molar-refractivity contribution in [3.8, 4) is 0 Å². The van der Waals surface area contributed by atoms with Gasteiger partial charge in [0, 0.05) is 18.7 Å². The summed E-state index contributed by atoms with van der Waals surface area (Å²) < 4.78 is 37.1. The molecule has 2 N–H and O–H groups in total.